The SMILES string of the molecule is CO/N=C1/C(c2ccccc2)=C(c2ccccc2)[C@@](O)(c2ccccc2)[C@@H]1C. The predicted molar refractivity (Wildman–Crippen MR) is 114 cm³/mol. The molecule has 0 saturated heterocycles. The average Bonchev–Trinajstić information content (AvgIpc) is 2.99. The van der Waals surface area contributed by atoms with Gasteiger partial charge in [-0.15, -0.1) is 0 Å². The van der Waals surface area contributed by atoms with Gasteiger partial charge in [-0.25, -0.2) is 0 Å². The van der Waals surface area contributed by atoms with Crippen molar-refractivity contribution in [2.24, 2.45) is 11.1 Å². The summed E-state index contributed by atoms with van der Waals surface area (Å²) in [5.74, 6) is -0.278. The Labute approximate surface area is 165 Å². The number of allylic oxidation sites excluding steroid dienone is 1. The van der Waals surface area contributed by atoms with Gasteiger partial charge < -0.3 is 9.94 Å². The van der Waals surface area contributed by atoms with E-state index in [0.29, 0.717) is 0 Å². The molecule has 1 N–H and O–H groups in total. The maximum atomic E-state index is 12.2. The Morgan fingerprint density at radius 2 is 1.29 bits per heavy atom. The first-order valence-electron chi connectivity index (χ1n) is 9.42. The van der Waals surface area contributed by atoms with E-state index in [1.54, 1.807) is 7.11 Å². The van der Waals surface area contributed by atoms with Gasteiger partial charge in [-0.05, 0) is 16.7 Å². The maximum absolute atomic E-state index is 12.2. The summed E-state index contributed by atoms with van der Waals surface area (Å²) in [5.41, 5.74) is 4.14. The zero-order valence-electron chi connectivity index (χ0n) is 16.0. The minimum absolute atomic E-state index is 0.278. The number of oxime groups is 1. The summed E-state index contributed by atoms with van der Waals surface area (Å²) in [6, 6.07) is 29.9. The average molecular weight is 369 g/mol. The molecule has 0 aliphatic heterocycles. The highest BCUT2D eigenvalue weighted by molar-refractivity contribution is 6.36. The van der Waals surface area contributed by atoms with Gasteiger partial charge in [0.15, 0.2) is 0 Å². The molecule has 0 fully saturated rings. The van der Waals surface area contributed by atoms with Crippen molar-refractivity contribution >= 4 is 16.9 Å². The topological polar surface area (TPSA) is 41.8 Å². The molecule has 3 aromatic carbocycles. The van der Waals surface area contributed by atoms with Gasteiger partial charge in [0.1, 0.15) is 12.7 Å². The molecule has 28 heavy (non-hydrogen) atoms. The predicted octanol–water partition coefficient (Wildman–Crippen LogP) is 5.14. The normalized spacial score (nSPS) is 23.2. The van der Waals surface area contributed by atoms with E-state index in [4.69, 9.17) is 4.84 Å². The fourth-order valence-electron chi connectivity index (χ4n) is 4.13. The molecule has 2 atom stereocenters. The molecule has 0 spiro atoms. The van der Waals surface area contributed by atoms with Crippen LogP contribution in [0.3, 0.4) is 0 Å². The van der Waals surface area contributed by atoms with Gasteiger partial charge in [-0.3, -0.25) is 0 Å². The van der Waals surface area contributed by atoms with Crippen molar-refractivity contribution in [1.29, 1.82) is 0 Å². The molecule has 140 valence electrons. The summed E-state index contributed by atoms with van der Waals surface area (Å²) in [6.07, 6.45) is 0. The molecule has 0 bridgehead atoms. The van der Waals surface area contributed by atoms with Gasteiger partial charge in [0.2, 0.25) is 0 Å². The van der Waals surface area contributed by atoms with Crippen LogP contribution >= 0.6 is 0 Å². The second kappa shape index (κ2) is 7.45. The van der Waals surface area contributed by atoms with Crippen LogP contribution in [-0.2, 0) is 10.4 Å². The smallest absolute Gasteiger partial charge is 0.124 e. The van der Waals surface area contributed by atoms with Crippen LogP contribution < -0.4 is 0 Å². The van der Waals surface area contributed by atoms with E-state index >= 15 is 0 Å². The highest BCUT2D eigenvalue weighted by Crippen LogP contribution is 2.53. The van der Waals surface area contributed by atoms with Gasteiger partial charge in [0.25, 0.3) is 0 Å². The number of nitrogens with zero attached hydrogens (tertiary/aromatic N) is 1. The minimum Gasteiger partial charge on any atom is -0.399 e. The highest BCUT2D eigenvalue weighted by atomic mass is 16.6. The van der Waals surface area contributed by atoms with Crippen LogP contribution in [-0.4, -0.2) is 17.9 Å². The molecule has 1 aliphatic rings. The van der Waals surface area contributed by atoms with E-state index in [9.17, 15) is 5.11 Å². The van der Waals surface area contributed by atoms with Crippen LogP contribution in [0.15, 0.2) is 96.2 Å². The zero-order valence-corrected chi connectivity index (χ0v) is 16.0. The molecule has 4 rings (SSSR count). The molecule has 1 aliphatic carbocycles. The molecule has 0 aromatic heterocycles. The second-order valence-electron chi connectivity index (χ2n) is 7.00. The Bertz CT molecular complexity index is 1010. The van der Waals surface area contributed by atoms with Gasteiger partial charge in [0.05, 0.1) is 5.71 Å². The monoisotopic (exact) mass is 369 g/mol. The first-order valence-corrected chi connectivity index (χ1v) is 9.42. The fourth-order valence-corrected chi connectivity index (χ4v) is 4.13. The summed E-state index contributed by atoms with van der Waals surface area (Å²) >= 11 is 0. The van der Waals surface area contributed by atoms with Gasteiger partial charge >= 0.3 is 0 Å². The number of aliphatic hydroxyl groups is 1. The number of rotatable bonds is 4. The lowest BCUT2D eigenvalue weighted by atomic mass is 9.78. The standard InChI is InChI=1S/C25H23NO2/c1-18-24(26-28-2)22(19-12-6-3-7-13-19)23(20-14-8-4-9-15-20)25(18,27)21-16-10-5-11-17-21/h3-18,27H,1-2H3/b26-24+/t18-,25+/m1/s1. The van der Waals surface area contributed by atoms with Gasteiger partial charge in [0, 0.05) is 17.1 Å². The van der Waals surface area contributed by atoms with Crippen molar-refractivity contribution in [3.05, 3.63) is 108 Å². The second-order valence-corrected chi connectivity index (χ2v) is 7.00. The van der Waals surface area contributed by atoms with Crippen molar-refractivity contribution in [2.75, 3.05) is 7.11 Å². The van der Waals surface area contributed by atoms with Crippen molar-refractivity contribution in [2.45, 2.75) is 12.5 Å². The van der Waals surface area contributed by atoms with Crippen molar-refractivity contribution < 1.29 is 9.94 Å². The molecule has 0 heterocycles. The third-order valence-corrected chi connectivity index (χ3v) is 5.45. The van der Waals surface area contributed by atoms with E-state index < -0.39 is 5.60 Å². The van der Waals surface area contributed by atoms with Crippen LogP contribution in [0, 0.1) is 5.92 Å². The molecule has 0 radical (unpaired) electrons. The Kier molecular flexibility index (Phi) is 4.84. The molecule has 0 saturated carbocycles. The summed E-state index contributed by atoms with van der Waals surface area (Å²) in [5, 5.41) is 16.5. The summed E-state index contributed by atoms with van der Waals surface area (Å²) < 4.78 is 0. The first kappa shape index (κ1) is 18.2. The highest BCUT2D eigenvalue weighted by Gasteiger charge is 2.51. The Balaban J connectivity index is 2.10. The molecule has 0 unspecified atom stereocenters. The lowest BCUT2D eigenvalue weighted by Gasteiger charge is -2.32. The lowest BCUT2D eigenvalue weighted by Crippen LogP contribution is -2.34. The first-order chi connectivity index (χ1) is 13.7. The van der Waals surface area contributed by atoms with E-state index in [1.165, 1.54) is 0 Å². The van der Waals surface area contributed by atoms with Crippen LogP contribution in [0.4, 0.5) is 0 Å². The quantitative estimate of drug-likeness (QED) is 0.647. The van der Waals surface area contributed by atoms with E-state index in [1.807, 2.05) is 97.9 Å². The van der Waals surface area contributed by atoms with Crippen LogP contribution in [0.5, 0.6) is 0 Å². The number of hydrogen-bond acceptors (Lipinski definition) is 3. The Morgan fingerprint density at radius 1 is 0.786 bits per heavy atom. The summed E-state index contributed by atoms with van der Waals surface area (Å²) in [7, 11) is 1.55. The fraction of sp³-hybridized carbons (Fsp3) is 0.160. The largest absolute Gasteiger partial charge is 0.399 e. The van der Waals surface area contributed by atoms with Crippen LogP contribution in [0.2, 0.25) is 0 Å². The van der Waals surface area contributed by atoms with E-state index in [-0.39, 0.29) is 5.92 Å². The molecule has 3 nitrogen and oxygen atoms in total. The minimum atomic E-state index is -1.22. The van der Waals surface area contributed by atoms with Crippen LogP contribution in [0.1, 0.15) is 23.6 Å². The van der Waals surface area contributed by atoms with Gasteiger partial charge in [-0.2, -0.15) is 0 Å². The number of hydrogen-bond donors (Lipinski definition) is 1. The van der Waals surface area contributed by atoms with E-state index in [0.717, 1.165) is 33.5 Å². The van der Waals surface area contributed by atoms with Gasteiger partial charge in [-0.1, -0.05) is 103 Å². The van der Waals surface area contributed by atoms with E-state index in [2.05, 4.69) is 5.16 Å². The van der Waals surface area contributed by atoms with Crippen molar-refractivity contribution in [3.8, 4) is 0 Å². The molecule has 0 amide bonds. The van der Waals surface area contributed by atoms with Crippen molar-refractivity contribution in [3.63, 3.8) is 0 Å². The van der Waals surface area contributed by atoms with Crippen LogP contribution in [0.25, 0.3) is 11.1 Å². The zero-order chi connectivity index (χ0) is 19.6. The third-order valence-electron chi connectivity index (χ3n) is 5.45. The Hall–Kier alpha value is -3.17. The molecular weight excluding hydrogens is 346 g/mol. The number of benzene rings is 3. The summed E-state index contributed by atoms with van der Waals surface area (Å²) in [6.45, 7) is 2.00. The third kappa shape index (κ3) is 2.85. The molecule has 3 heteroatoms. The maximum Gasteiger partial charge on any atom is 0.124 e. The Morgan fingerprint density at radius 3 is 1.82 bits per heavy atom. The summed E-state index contributed by atoms with van der Waals surface area (Å²) in [4.78, 5) is 5.20. The van der Waals surface area contributed by atoms with Crippen molar-refractivity contribution in [1.82, 2.24) is 0 Å². The molecular formula is C25H23NO2. The molecule has 3 aromatic rings. The lowest BCUT2D eigenvalue weighted by molar-refractivity contribution is 0.0732.